The first-order valence-electron chi connectivity index (χ1n) is 2.76. The molecular formula is C6H11O2Y-. The normalized spacial score (nSPS) is 7.78. The molecule has 1 radical (unpaired) electrons. The largest absolute Gasteiger partial charge is 0.466 e. The summed E-state index contributed by atoms with van der Waals surface area (Å²) in [5.74, 6) is -0.150. The van der Waals surface area contributed by atoms with Crippen molar-refractivity contribution in [1.29, 1.82) is 0 Å². The van der Waals surface area contributed by atoms with Gasteiger partial charge in [-0.3, -0.25) is 4.79 Å². The molecule has 0 aromatic heterocycles. The van der Waals surface area contributed by atoms with Crippen LogP contribution in [0.3, 0.4) is 0 Å². The number of hydrogen-bond acceptors (Lipinski definition) is 2. The number of ether oxygens (including phenoxy) is 1. The monoisotopic (exact) mass is 204 g/mol. The third-order valence-corrected chi connectivity index (χ3v) is 0.686. The summed E-state index contributed by atoms with van der Waals surface area (Å²) in [4.78, 5) is 10.4. The molecule has 0 spiro atoms. The molecule has 0 aromatic carbocycles. The van der Waals surface area contributed by atoms with Crippen LogP contribution >= 0.6 is 0 Å². The Morgan fingerprint density at radius 3 is 2.56 bits per heavy atom. The van der Waals surface area contributed by atoms with Crippen molar-refractivity contribution < 1.29 is 42.2 Å². The van der Waals surface area contributed by atoms with Crippen molar-refractivity contribution in [2.45, 2.75) is 19.8 Å². The molecule has 0 rings (SSSR count). The van der Waals surface area contributed by atoms with Crippen LogP contribution in [-0.2, 0) is 42.2 Å². The molecule has 0 N–H and O–H groups in total. The van der Waals surface area contributed by atoms with Crippen LogP contribution < -0.4 is 0 Å². The van der Waals surface area contributed by atoms with Gasteiger partial charge in [-0.2, -0.15) is 6.42 Å². The van der Waals surface area contributed by atoms with E-state index in [9.17, 15) is 4.79 Å². The first-order valence-corrected chi connectivity index (χ1v) is 2.76. The molecule has 3 heteroatoms. The minimum Gasteiger partial charge on any atom is -0.466 e. The Bertz CT molecular complexity index is 65.5. The van der Waals surface area contributed by atoms with E-state index in [0.29, 0.717) is 19.4 Å². The molecule has 0 aromatic rings. The van der Waals surface area contributed by atoms with E-state index < -0.39 is 0 Å². The number of carbonyl (C=O) groups is 1. The maximum Gasteiger partial charge on any atom is 0.303 e. The van der Waals surface area contributed by atoms with Gasteiger partial charge < -0.3 is 11.7 Å². The van der Waals surface area contributed by atoms with E-state index in [2.05, 4.69) is 11.7 Å². The molecule has 0 amide bonds. The topological polar surface area (TPSA) is 26.3 Å². The Morgan fingerprint density at radius 1 is 1.67 bits per heavy atom. The molecule has 0 fully saturated rings. The van der Waals surface area contributed by atoms with Gasteiger partial charge in [-0.15, -0.1) is 0 Å². The first-order chi connectivity index (χ1) is 3.81. The molecule has 0 heterocycles. The maximum absolute atomic E-state index is 10.4. The molecule has 0 aliphatic heterocycles. The van der Waals surface area contributed by atoms with Crippen molar-refractivity contribution in [2.24, 2.45) is 0 Å². The molecule has 0 aliphatic rings. The van der Waals surface area contributed by atoms with Gasteiger partial charge in [-0.1, -0.05) is 0 Å². The summed E-state index contributed by atoms with van der Waals surface area (Å²) in [6.45, 7) is 5.77. The van der Waals surface area contributed by atoms with E-state index in [1.807, 2.05) is 0 Å². The van der Waals surface area contributed by atoms with E-state index in [-0.39, 0.29) is 38.7 Å². The second-order valence-corrected chi connectivity index (χ2v) is 1.41. The quantitative estimate of drug-likeness (QED) is 0.509. The Morgan fingerprint density at radius 2 is 2.22 bits per heavy atom. The molecule has 0 atom stereocenters. The second-order valence-electron chi connectivity index (χ2n) is 1.41. The van der Waals surface area contributed by atoms with Gasteiger partial charge in [-0.05, 0) is 6.92 Å². The van der Waals surface area contributed by atoms with Gasteiger partial charge in [0.2, 0.25) is 0 Å². The molecular weight excluding hydrogens is 193 g/mol. The van der Waals surface area contributed by atoms with Crippen LogP contribution in [0.1, 0.15) is 19.8 Å². The van der Waals surface area contributed by atoms with Crippen LogP contribution in [0.4, 0.5) is 0 Å². The fourth-order valence-electron chi connectivity index (χ4n) is 0.377. The summed E-state index contributed by atoms with van der Waals surface area (Å²) in [7, 11) is 0. The number of carbonyl (C=O) groups excluding carboxylic acids is 1. The van der Waals surface area contributed by atoms with Crippen LogP contribution in [0.5, 0.6) is 0 Å². The Labute approximate surface area is 81.2 Å². The van der Waals surface area contributed by atoms with Crippen LogP contribution in [0, 0.1) is 6.92 Å². The van der Waals surface area contributed by atoms with Gasteiger partial charge in [0.15, 0.2) is 0 Å². The fourth-order valence-corrected chi connectivity index (χ4v) is 0.377. The van der Waals surface area contributed by atoms with Crippen LogP contribution in [0.25, 0.3) is 0 Å². The van der Waals surface area contributed by atoms with Crippen LogP contribution in [-0.4, -0.2) is 12.6 Å². The van der Waals surface area contributed by atoms with Gasteiger partial charge in [0.1, 0.15) is 0 Å². The number of hydrogen-bond donors (Lipinski definition) is 0. The average Bonchev–Trinajstić information content (AvgIpc) is 1.68. The molecule has 9 heavy (non-hydrogen) atoms. The van der Waals surface area contributed by atoms with Crippen molar-refractivity contribution in [3.05, 3.63) is 6.92 Å². The van der Waals surface area contributed by atoms with Crippen LogP contribution in [0.2, 0.25) is 0 Å². The fraction of sp³-hybridized carbons (Fsp3) is 0.667. The first kappa shape index (κ1) is 12.3. The smallest absolute Gasteiger partial charge is 0.303 e. The minimum atomic E-state index is -0.150. The summed E-state index contributed by atoms with van der Waals surface area (Å²) >= 11 is 0. The Balaban J connectivity index is 0. The van der Waals surface area contributed by atoms with Crippen molar-refractivity contribution in [1.82, 2.24) is 0 Å². The van der Waals surface area contributed by atoms with Gasteiger partial charge >= 0.3 is 5.97 Å². The van der Waals surface area contributed by atoms with E-state index in [4.69, 9.17) is 0 Å². The summed E-state index contributed by atoms with van der Waals surface area (Å²) in [5, 5.41) is 0. The van der Waals surface area contributed by atoms with Crippen molar-refractivity contribution in [3.63, 3.8) is 0 Å². The molecule has 0 aliphatic carbocycles. The summed E-state index contributed by atoms with van der Waals surface area (Å²) in [5.41, 5.74) is 0. The number of rotatable bonds is 3. The van der Waals surface area contributed by atoms with E-state index in [0.717, 1.165) is 0 Å². The standard InChI is InChI=1S/C6H11O2.Y/c1-3-5-6(7)8-4-2;/h1,3-5H2,2H3;/q-1;. The van der Waals surface area contributed by atoms with Gasteiger partial charge in [0.25, 0.3) is 0 Å². The van der Waals surface area contributed by atoms with Crippen molar-refractivity contribution >= 4 is 5.97 Å². The zero-order valence-electron chi connectivity index (χ0n) is 5.72. The molecule has 0 saturated heterocycles. The van der Waals surface area contributed by atoms with Gasteiger partial charge in [0.05, 0.1) is 6.61 Å². The van der Waals surface area contributed by atoms with Gasteiger partial charge in [0, 0.05) is 39.1 Å². The summed E-state index contributed by atoms with van der Waals surface area (Å²) < 4.78 is 4.60. The Kier molecular flexibility index (Phi) is 11.7. The average molecular weight is 204 g/mol. The van der Waals surface area contributed by atoms with Crippen molar-refractivity contribution in [3.8, 4) is 0 Å². The Hall–Kier alpha value is 0.574. The predicted octanol–water partition coefficient (Wildman–Crippen LogP) is 1.16. The van der Waals surface area contributed by atoms with Crippen LogP contribution in [0.15, 0.2) is 0 Å². The van der Waals surface area contributed by atoms with E-state index in [1.54, 1.807) is 6.92 Å². The second kappa shape index (κ2) is 8.57. The predicted molar refractivity (Wildman–Crippen MR) is 31.2 cm³/mol. The van der Waals surface area contributed by atoms with Crippen molar-refractivity contribution in [2.75, 3.05) is 6.61 Å². The third kappa shape index (κ3) is 8.57. The zero-order chi connectivity index (χ0) is 6.41. The zero-order valence-corrected chi connectivity index (χ0v) is 8.56. The summed E-state index contributed by atoms with van der Waals surface area (Å²) in [6, 6.07) is 0. The maximum atomic E-state index is 10.4. The summed E-state index contributed by atoms with van der Waals surface area (Å²) in [6.07, 6.45) is 1.06. The molecule has 51 valence electrons. The number of esters is 1. The molecule has 0 saturated carbocycles. The third-order valence-electron chi connectivity index (χ3n) is 0.686. The minimum absolute atomic E-state index is 0. The molecule has 0 unspecified atom stereocenters. The SMILES string of the molecule is [CH2-]CCC(=O)OCC.[Y]. The van der Waals surface area contributed by atoms with E-state index >= 15 is 0 Å². The molecule has 2 nitrogen and oxygen atoms in total. The van der Waals surface area contributed by atoms with Gasteiger partial charge in [-0.25, -0.2) is 0 Å². The van der Waals surface area contributed by atoms with E-state index in [1.165, 1.54) is 0 Å². The molecule has 0 bridgehead atoms.